The summed E-state index contributed by atoms with van der Waals surface area (Å²) < 4.78 is 19.7. The van der Waals surface area contributed by atoms with Gasteiger partial charge in [0.2, 0.25) is 0 Å². The number of thiazole rings is 1. The van der Waals surface area contributed by atoms with Crippen LogP contribution in [0, 0.1) is 0 Å². The fraction of sp³-hybridized carbons (Fsp3) is 0.321. The summed E-state index contributed by atoms with van der Waals surface area (Å²) in [7, 11) is 1.56. The molecule has 37 heavy (non-hydrogen) atoms. The van der Waals surface area contributed by atoms with E-state index >= 15 is 0 Å². The Morgan fingerprint density at radius 2 is 1.95 bits per heavy atom. The number of allylic oxidation sites excluding steroid dienone is 1. The zero-order valence-electron chi connectivity index (χ0n) is 21.4. The Kier molecular flexibility index (Phi) is 8.34. The van der Waals surface area contributed by atoms with Crippen LogP contribution in [0.25, 0.3) is 6.08 Å². The highest BCUT2D eigenvalue weighted by atomic mass is 79.9. The molecular weight excluding hydrogens is 556 g/mol. The maximum atomic E-state index is 13.8. The number of nitrogens with zero attached hydrogens (tertiary/aromatic N) is 2. The predicted octanol–water partition coefficient (Wildman–Crippen LogP) is 4.75. The zero-order chi connectivity index (χ0) is 26.7. The van der Waals surface area contributed by atoms with E-state index in [0.29, 0.717) is 38.5 Å². The third-order valence-corrected chi connectivity index (χ3v) is 7.20. The molecule has 0 amide bonds. The van der Waals surface area contributed by atoms with Crippen molar-refractivity contribution in [2.24, 2.45) is 4.99 Å². The van der Waals surface area contributed by atoms with Crippen LogP contribution in [0.1, 0.15) is 51.3 Å². The van der Waals surface area contributed by atoms with Crippen molar-refractivity contribution >= 4 is 39.3 Å². The minimum absolute atomic E-state index is 0.246. The van der Waals surface area contributed by atoms with Crippen molar-refractivity contribution in [3.8, 4) is 11.5 Å². The fourth-order valence-corrected chi connectivity index (χ4v) is 5.53. The Hall–Kier alpha value is -3.17. The molecule has 2 heterocycles. The van der Waals surface area contributed by atoms with E-state index in [0.717, 1.165) is 22.2 Å². The number of fused-ring (bicyclic) bond motifs is 1. The van der Waals surface area contributed by atoms with E-state index in [-0.39, 0.29) is 11.7 Å². The van der Waals surface area contributed by atoms with Crippen LogP contribution in [-0.4, -0.2) is 30.4 Å². The van der Waals surface area contributed by atoms with E-state index in [2.05, 4.69) is 27.8 Å². The van der Waals surface area contributed by atoms with Crippen molar-refractivity contribution in [3.05, 3.63) is 89.0 Å². The highest BCUT2D eigenvalue weighted by Crippen LogP contribution is 2.37. The van der Waals surface area contributed by atoms with Gasteiger partial charge in [-0.1, -0.05) is 46.3 Å². The van der Waals surface area contributed by atoms with Gasteiger partial charge in [-0.15, -0.1) is 0 Å². The molecule has 0 radical (unpaired) electrons. The number of carbonyl (C=O) groups is 1. The molecule has 194 valence electrons. The van der Waals surface area contributed by atoms with E-state index in [4.69, 9.17) is 14.2 Å². The van der Waals surface area contributed by atoms with Crippen molar-refractivity contribution in [2.75, 3.05) is 13.7 Å². The van der Waals surface area contributed by atoms with Gasteiger partial charge in [-0.3, -0.25) is 9.36 Å². The standard InChI is InChI=1S/C28H29BrN2O5S/c1-6-13-35-20-10-7-18(8-11-20)14-23-26(32)31-25(21-15-19(29)9-12-22(21)34-5)24(27(33)36-16(2)3)17(4)30-28(31)37-23/h7-12,14-16,25H,6,13H2,1-5H3/b23-14+/t25-/m1/s1. The van der Waals surface area contributed by atoms with Crippen molar-refractivity contribution < 1.29 is 19.0 Å². The number of hydrogen-bond acceptors (Lipinski definition) is 7. The predicted molar refractivity (Wildman–Crippen MR) is 148 cm³/mol. The first-order valence-electron chi connectivity index (χ1n) is 12.0. The average molecular weight is 586 g/mol. The molecule has 0 saturated carbocycles. The topological polar surface area (TPSA) is 79.1 Å². The summed E-state index contributed by atoms with van der Waals surface area (Å²) in [4.78, 5) is 32.3. The second-order valence-electron chi connectivity index (χ2n) is 8.84. The summed E-state index contributed by atoms with van der Waals surface area (Å²) in [6.45, 7) is 8.05. The van der Waals surface area contributed by atoms with Gasteiger partial charge < -0.3 is 14.2 Å². The van der Waals surface area contributed by atoms with Crippen LogP contribution in [0.3, 0.4) is 0 Å². The lowest BCUT2D eigenvalue weighted by molar-refractivity contribution is -0.143. The summed E-state index contributed by atoms with van der Waals surface area (Å²) in [6.07, 6.45) is 2.43. The number of benzene rings is 2. The molecule has 2 aromatic carbocycles. The summed E-state index contributed by atoms with van der Waals surface area (Å²) in [5, 5.41) is 0. The molecule has 0 unspecified atom stereocenters. The summed E-state index contributed by atoms with van der Waals surface area (Å²) in [5.74, 6) is 0.821. The van der Waals surface area contributed by atoms with Crippen LogP contribution in [0.15, 0.2) is 68.0 Å². The van der Waals surface area contributed by atoms with Gasteiger partial charge in [0.1, 0.15) is 17.5 Å². The second-order valence-corrected chi connectivity index (χ2v) is 10.8. The molecule has 0 aliphatic carbocycles. The smallest absolute Gasteiger partial charge is 0.338 e. The molecule has 1 aliphatic rings. The Morgan fingerprint density at radius 3 is 2.59 bits per heavy atom. The molecule has 7 nitrogen and oxygen atoms in total. The van der Waals surface area contributed by atoms with E-state index in [1.54, 1.807) is 38.5 Å². The Bertz CT molecular complexity index is 1520. The zero-order valence-corrected chi connectivity index (χ0v) is 23.8. The lowest BCUT2D eigenvalue weighted by Gasteiger charge is -2.26. The number of hydrogen-bond donors (Lipinski definition) is 0. The van der Waals surface area contributed by atoms with E-state index in [9.17, 15) is 9.59 Å². The van der Waals surface area contributed by atoms with Crippen LogP contribution < -0.4 is 24.4 Å². The molecule has 1 aromatic heterocycles. The number of ether oxygens (including phenoxy) is 3. The first kappa shape index (κ1) is 26.9. The maximum Gasteiger partial charge on any atom is 0.338 e. The van der Waals surface area contributed by atoms with Gasteiger partial charge in [0.25, 0.3) is 5.56 Å². The monoisotopic (exact) mass is 584 g/mol. The fourth-order valence-electron chi connectivity index (χ4n) is 4.10. The molecule has 0 saturated heterocycles. The molecule has 0 fully saturated rings. The highest BCUT2D eigenvalue weighted by molar-refractivity contribution is 9.10. The first-order chi connectivity index (χ1) is 17.7. The largest absolute Gasteiger partial charge is 0.496 e. The Morgan fingerprint density at radius 1 is 1.22 bits per heavy atom. The van der Waals surface area contributed by atoms with Gasteiger partial charge in [-0.05, 0) is 69.2 Å². The van der Waals surface area contributed by atoms with Crippen LogP contribution >= 0.6 is 27.3 Å². The maximum absolute atomic E-state index is 13.8. The lowest BCUT2D eigenvalue weighted by atomic mass is 9.95. The number of esters is 1. The van der Waals surface area contributed by atoms with Crippen molar-refractivity contribution in [3.63, 3.8) is 0 Å². The number of carbonyl (C=O) groups excluding carboxylic acids is 1. The number of aromatic nitrogens is 1. The van der Waals surface area contributed by atoms with E-state index < -0.39 is 12.0 Å². The molecule has 0 bridgehead atoms. The molecule has 3 aromatic rings. The van der Waals surface area contributed by atoms with E-state index in [1.807, 2.05) is 42.5 Å². The Balaban J connectivity index is 1.90. The van der Waals surface area contributed by atoms with Gasteiger partial charge in [-0.2, -0.15) is 0 Å². The van der Waals surface area contributed by atoms with Gasteiger partial charge in [0, 0.05) is 10.0 Å². The lowest BCUT2D eigenvalue weighted by Crippen LogP contribution is -2.40. The third-order valence-electron chi connectivity index (χ3n) is 5.72. The molecule has 9 heteroatoms. The van der Waals surface area contributed by atoms with E-state index in [1.165, 1.54) is 11.3 Å². The van der Waals surface area contributed by atoms with Crippen LogP contribution in [0.2, 0.25) is 0 Å². The van der Waals surface area contributed by atoms with Crippen molar-refractivity contribution in [2.45, 2.75) is 46.3 Å². The SMILES string of the molecule is CCCOc1ccc(/C=c2/sc3n(c2=O)[C@H](c2cc(Br)ccc2OC)C(C(=O)OC(C)C)=C(C)N=3)cc1. The Labute approximate surface area is 227 Å². The van der Waals surface area contributed by atoms with Gasteiger partial charge in [-0.25, -0.2) is 9.79 Å². The number of halogens is 1. The number of methoxy groups -OCH3 is 1. The molecule has 0 N–H and O–H groups in total. The average Bonchev–Trinajstić information content (AvgIpc) is 3.16. The van der Waals surface area contributed by atoms with Crippen molar-refractivity contribution in [1.82, 2.24) is 4.57 Å². The summed E-state index contributed by atoms with van der Waals surface area (Å²) >= 11 is 4.80. The van der Waals surface area contributed by atoms with Crippen LogP contribution in [0.4, 0.5) is 0 Å². The highest BCUT2D eigenvalue weighted by Gasteiger charge is 2.35. The molecule has 1 atom stereocenters. The minimum atomic E-state index is -0.762. The second kappa shape index (κ2) is 11.5. The first-order valence-corrected chi connectivity index (χ1v) is 13.6. The number of rotatable bonds is 8. The quantitative estimate of drug-likeness (QED) is 0.357. The van der Waals surface area contributed by atoms with Crippen LogP contribution in [0.5, 0.6) is 11.5 Å². The summed E-state index contributed by atoms with van der Waals surface area (Å²) in [5.41, 5.74) is 2.08. The summed E-state index contributed by atoms with van der Waals surface area (Å²) in [6, 6.07) is 12.3. The molecule has 0 spiro atoms. The van der Waals surface area contributed by atoms with Crippen molar-refractivity contribution in [1.29, 1.82) is 0 Å². The van der Waals surface area contributed by atoms with Gasteiger partial charge >= 0.3 is 5.97 Å². The molecule has 4 rings (SSSR count). The third kappa shape index (κ3) is 5.72. The normalized spacial score (nSPS) is 15.4. The van der Waals surface area contributed by atoms with Gasteiger partial charge in [0.05, 0.1) is 35.6 Å². The minimum Gasteiger partial charge on any atom is -0.496 e. The molecule has 1 aliphatic heterocycles. The molecular formula is C28H29BrN2O5S. The van der Waals surface area contributed by atoms with Gasteiger partial charge in [0.15, 0.2) is 4.80 Å². The van der Waals surface area contributed by atoms with Crippen LogP contribution in [-0.2, 0) is 9.53 Å².